The van der Waals surface area contributed by atoms with Crippen molar-refractivity contribution >= 4 is 32.5 Å². The molecule has 0 bridgehead atoms. The van der Waals surface area contributed by atoms with Crippen LogP contribution >= 0.6 is 0 Å². The number of carbonyl (C=O) groups is 1. The summed E-state index contributed by atoms with van der Waals surface area (Å²) in [6.07, 6.45) is 2.18. The Labute approximate surface area is 174 Å². The van der Waals surface area contributed by atoms with Crippen LogP contribution < -0.4 is 11.0 Å². The summed E-state index contributed by atoms with van der Waals surface area (Å²) in [6, 6.07) is 9.67. The summed E-state index contributed by atoms with van der Waals surface area (Å²) in [5.74, 6) is -0.325. The Morgan fingerprint density at radius 3 is 2.63 bits per heavy atom. The number of pyridine rings is 1. The number of carbonyl (C=O) groups excluding carboxylic acids is 1. The topological polar surface area (TPSA) is 106 Å². The average molecular weight is 432 g/mol. The molecule has 1 aliphatic heterocycles. The molecule has 1 saturated heterocycles. The van der Waals surface area contributed by atoms with E-state index in [9.17, 15) is 18.0 Å². The molecule has 1 fully saturated rings. The average Bonchev–Trinajstić information content (AvgIpc) is 3.05. The lowest BCUT2D eigenvalue weighted by Gasteiger charge is -2.29. The number of hydrogen-bond acceptors (Lipinski definition) is 5. The van der Waals surface area contributed by atoms with E-state index in [0.29, 0.717) is 31.6 Å². The minimum absolute atomic E-state index is 0.110. The highest BCUT2D eigenvalue weighted by molar-refractivity contribution is 7.88. The lowest BCUT2D eigenvalue weighted by molar-refractivity contribution is -0.126. The fourth-order valence-electron chi connectivity index (χ4n) is 4.02. The van der Waals surface area contributed by atoms with Crippen molar-refractivity contribution in [2.24, 2.45) is 5.92 Å². The van der Waals surface area contributed by atoms with Crippen molar-refractivity contribution in [2.45, 2.75) is 26.3 Å². The van der Waals surface area contributed by atoms with E-state index in [-0.39, 0.29) is 30.6 Å². The maximum absolute atomic E-state index is 12.9. The lowest BCUT2D eigenvalue weighted by Crippen LogP contribution is -2.43. The van der Waals surface area contributed by atoms with Crippen molar-refractivity contribution in [1.29, 1.82) is 0 Å². The third-order valence-corrected chi connectivity index (χ3v) is 6.96. The van der Waals surface area contributed by atoms with E-state index in [1.54, 1.807) is 4.40 Å². The van der Waals surface area contributed by atoms with Crippen LogP contribution in [0.1, 0.15) is 18.4 Å². The molecule has 0 unspecified atom stereocenters. The quantitative estimate of drug-likeness (QED) is 0.642. The van der Waals surface area contributed by atoms with Crippen LogP contribution in [0.25, 0.3) is 16.6 Å². The summed E-state index contributed by atoms with van der Waals surface area (Å²) in [6.45, 7) is 3.18. The number of piperidine rings is 1. The molecule has 1 aliphatic rings. The molecule has 30 heavy (non-hydrogen) atoms. The third-order valence-electron chi connectivity index (χ3n) is 5.66. The van der Waals surface area contributed by atoms with Gasteiger partial charge in [-0.1, -0.05) is 18.2 Å². The summed E-state index contributed by atoms with van der Waals surface area (Å²) >= 11 is 0. The molecule has 3 aromatic rings. The second kappa shape index (κ2) is 7.84. The summed E-state index contributed by atoms with van der Waals surface area (Å²) in [7, 11) is -3.21. The number of sulfonamides is 1. The molecule has 0 atom stereocenters. The van der Waals surface area contributed by atoms with Crippen LogP contribution in [0.4, 0.5) is 0 Å². The first kappa shape index (κ1) is 20.5. The molecule has 1 aromatic carbocycles. The van der Waals surface area contributed by atoms with Gasteiger partial charge in [0, 0.05) is 25.6 Å². The predicted molar refractivity (Wildman–Crippen MR) is 114 cm³/mol. The molecule has 0 aliphatic carbocycles. The van der Waals surface area contributed by atoms with Crippen LogP contribution in [-0.2, 0) is 21.4 Å². The van der Waals surface area contributed by atoms with Crippen molar-refractivity contribution in [3.8, 4) is 0 Å². The predicted octanol–water partition coefficient (Wildman–Crippen LogP) is 0.745. The smallest absolute Gasteiger partial charge is 0.350 e. The number of benzene rings is 1. The lowest BCUT2D eigenvalue weighted by atomic mass is 9.97. The molecule has 4 rings (SSSR count). The zero-order chi connectivity index (χ0) is 21.5. The molecule has 1 N–H and O–H groups in total. The monoisotopic (exact) mass is 431 g/mol. The number of fused-ring (bicyclic) bond motifs is 3. The van der Waals surface area contributed by atoms with Crippen LogP contribution in [0.5, 0.6) is 0 Å². The van der Waals surface area contributed by atoms with Crippen molar-refractivity contribution in [2.75, 3.05) is 25.9 Å². The normalized spacial score (nSPS) is 16.3. The van der Waals surface area contributed by atoms with E-state index >= 15 is 0 Å². The molecular formula is C20H25N5O4S. The maximum Gasteiger partial charge on any atom is 0.350 e. The Hall–Kier alpha value is -2.72. The van der Waals surface area contributed by atoms with Crippen LogP contribution in [0, 0.1) is 12.8 Å². The van der Waals surface area contributed by atoms with Gasteiger partial charge >= 0.3 is 5.69 Å². The molecule has 160 valence electrons. The number of para-hydroxylation sites is 1. The SMILES string of the molecule is Cc1cc2ccccc2n2c(=O)n(CCNC(=O)C3CCN(S(C)(=O)=O)CC3)nc12. The molecule has 1 amide bonds. The van der Waals surface area contributed by atoms with Gasteiger partial charge in [-0.3, -0.25) is 4.79 Å². The van der Waals surface area contributed by atoms with Gasteiger partial charge in [-0.15, -0.1) is 5.10 Å². The summed E-state index contributed by atoms with van der Waals surface area (Å²) in [5.41, 5.74) is 2.08. The highest BCUT2D eigenvalue weighted by Crippen LogP contribution is 2.19. The van der Waals surface area contributed by atoms with Crippen molar-refractivity contribution in [3.05, 3.63) is 46.4 Å². The van der Waals surface area contributed by atoms with Gasteiger partial charge < -0.3 is 5.32 Å². The maximum atomic E-state index is 12.9. The van der Waals surface area contributed by atoms with Crippen molar-refractivity contribution < 1.29 is 13.2 Å². The molecule has 0 spiro atoms. The van der Waals surface area contributed by atoms with E-state index in [1.165, 1.54) is 15.2 Å². The molecule has 9 nitrogen and oxygen atoms in total. The zero-order valence-corrected chi connectivity index (χ0v) is 17.9. The number of nitrogens with one attached hydrogen (secondary N) is 1. The highest BCUT2D eigenvalue weighted by Gasteiger charge is 2.28. The Morgan fingerprint density at radius 1 is 1.23 bits per heavy atom. The molecule has 2 aromatic heterocycles. The Kier molecular flexibility index (Phi) is 5.37. The molecule has 10 heteroatoms. The minimum Gasteiger partial charge on any atom is -0.354 e. The van der Waals surface area contributed by atoms with Crippen LogP contribution in [0.3, 0.4) is 0 Å². The van der Waals surface area contributed by atoms with E-state index in [0.717, 1.165) is 16.5 Å². The van der Waals surface area contributed by atoms with Gasteiger partial charge in [-0.05, 0) is 42.8 Å². The zero-order valence-electron chi connectivity index (χ0n) is 17.0. The van der Waals surface area contributed by atoms with Gasteiger partial charge in [-0.2, -0.15) is 0 Å². The van der Waals surface area contributed by atoms with Crippen LogP contribution in [0.2, 0.25) is 0 Å². The Bertz CT molecular complexity index is 1270. The van der Waals surface area contributed by atoms with Gasteiger partial charge in [-0.25, -0.2) is 26.6 Å². The van der Waals surface area contributed by atoms with Crippen molar-refractivity contribution in [1.82, 2.24) is 23.8 Å². The largest absolute Gasteiger partial charge is 0.354 e. The van der Waals surface area contributed by atoms with Crippen LogP contribution in [-0.4, -0.2) is 58.7 Å². The first-order chi connectivity index (χ1) is 14.3. The minimum atomic E-state index is -3.21. The Morgan fingerprint density at radius 2 is 1.93 bits per heavy atom. The molecule has 3 heterocycles. The number of aryl methyl sites for hydroxylation is 1. The number of rotatable bonds is 5. The first-order valence-electron chi connectivity index (χ1n) is 9.96. The number of aromatic nitrogens is 3. The summed E-state index contributed by atoms with van der Waals surface area (Å²) in [4.78, 5) is 25.3. The first-order valence-corrected chi connectivity index (χ1v) is 11.8. The van der Waals surface area contributed by atoms with E-state index < -0.39 is 10.0 Å². The Balaban J connectivity index is 1.43. The van der Waals surface area contributed by atoms with Crippen LogP contribution in [0.15, 0.2) is 35.1 Å². The van der Waals surface area contributed by atoms with Gasteiger partial charge in [0.25, 0.3) is 0 Å². The number of amides is 1. The summed E-state index contributed by atoms with van der Waals surface area (Å²) < 4.78 is 27.6. The van der Waals surface area contributed by atoms with Gasteiger partial charge in [0.05, 0.1) is 18.3 Å². The van der Waals surface area contributed by atoms with Gasteiger partial charge in [0.1, 0.15) is 0 Å². The third kappa shape index (κ3) is 3.84. The number of nitrogens with zero attached hydrogens (tertiary/aromatic N) is 4. The number of hydrogen-bond donors (Lipinski definition) is 1. The van der Waals surface area contributed by atoms with Gasteiger partial charge in [0.15, 0.2) is 5.65 Å². The summed E-state index contributed by atoms with van der Waals surface area (Å²) in [5, 5.41) is 8.28. The fraction of sp³-hybridized carbons (Fsp3) is 0.450. The van der Waals surface area contributed by atoms with E-state index in [4.69, 9.17) is 0 Å². The second-order valence-corrected chi connectivity index (χ2v) is 9.76. The van der Waals surface area contributed by atoms with E-state index in [1.807, 2.05) is 37.3 Å². The molecule has 0 saturated carbocycles. The van der Waals surface area contributed by atoms with Gasteiger partial charge in [0.2, 0.25) is 15.9 Å². The second-order valence-electron chi connectivity index (χ2n) is 7.78. The fourth-order valence-corrected chi connectivity index (χ4v) is 4.89. The van der Waals surface area contributed by atoms with Crippen molar-refractivity contribution in [3.63, 3.8) is 0 Å². The highest BCUT2D eigenvalue weighted by atomic mass is 32.2. The van der Waals surface area contributed by atoms with E-state index in [2.05, 4.69) is 10.4 Å². The molecular weight excluding hydrogens is 406 g/mol. The molecule has 0 radical (unpaired) electrons. The standard InChI is InChI=1S/C20H25N5O4S/c1-14-13-16-5-3-4-6-17(16)25-18(14)22-24(20(25)27)12-9-21-19(26)15-7-10-23(11-8-15)30(2,28)29/h3-6,13,15H,7-12H2,1-2H3,(H,21,26).